The highest BCUT2D eigenvalue weighted by molar-refractivity contribution is 8.19. The fourth-order valence-electron chi connectivity index (χ4n) is 1.80. The molecule has 17 heavy (non-hydrogen) atoms. The van der Waals surface area contributed by atoms with Gasteiger partial charge < -0.3 is 5.21 Å². The highest BCUT2D eigenvalue weighted by Crippen LogP contribution is 2.40. The van der Waals surface area contributed by atoms with Crippen LogP contribution in [0.2, 0.25) is 0 Å². The van der Waals surface area contributed by atoms with Gasteiger partial charge in [0.2, 0.25) is 0 Å². The number of thioether (sulfide) groups is 2. The number of benzene rings is 1. The zero-order valence-electron chi connectivity index (χ0n) is 9.96. The highest BCUT2D eigenvalue weighted by atomic mass is 32.2. The van der Waals surface area contributed by atoms with E-state index in [1.54, 1.807) is 0 Å². The van der Waals surface area contributed by atoms with Crippen LogP contribution in [-0.2, 0) is 6.54 Å². The average molecular weight is 267 g/mol. The van der Waals surface area contributed by atoms with Crippen LogP contribution in [0.15, 0.2) is 30.3 Å². The van der Waals surface area contributed by atoms with Gasteiger partial charge in [-0.15, -0.1) is 23.5 Å². The topological polar surface area (TPSA) is 26.1 Å². The maximum atomic E-state index is 11.9. The molecule has 1 saturated heterocycles. The van der Waals surface area contributed by atoms with Gasteiger partial charge in [0.05, 0.1) is 0 Å². The predicted molar refractivity (Wildman–Crippen MR) is 77.8 cm³/mol. The first-order chi connectivity index (χ1) is 8.18. The van der Waals surface area contributed by atoms with Crippen molar-refractivity contribution in [3.8, 4) is 0 Å². The highest BCUT2D eigenvalue weighted by Gasteiger charge is 2.30. The first-order valence-electron chi connectivity index (χ1n) is 5.80. The molecule has 1 heterocycles. The van der Waals surface area contributed by atoms with Gasteiger partial charge in [-0.25, -0.2) is 4.74 Å². The normalized spacial score (nSPS) is 20.2. The number of hydrogen-bond donors (Lipinski definition) is 0. The lowest BCUT2D eigenvalue weighted by atomic mass is 10.2. The van der Waals surface area contributed by atoms with E-state index in [1.165, 1.54) is 6.42 Å². The Labute approximate surface area is 111 Å². The summed E-state index contributed by atoms with van der Waals surface area (Å²) >= 11 is 3.74. The van der Waals surface area contributed by atoms with Crippen LogP contribution in [0.5, 0.6) is 0 Å². The van der Waals surface area contributed by atoms with Crippen molar-refractivity contribution >= 4 is 29.7 Å². The minimum absolute atomic E-state index is 0.0468. The van der Waals surface area contributed by atoms with Gasteiger partial charge in [0, 0.05) is 5.56 Å². The molecule has 1 aliphatic rings. The van der Waals surface area contributed by atoms with Crippen molar-refractivity contribution in [2.45, 2.75) is 24.0 Å². The van der Waals surface area contributed by atoms with Crippen LogP contribution >= 0.6 is 23.5 Å². The SMILES string of the molecule is CC1(/C=[N+](\[O-])Cc2ccccc2)SCCCS1. The Morgan fingerprint density at radius 3 is 2.59 bits per heavy atom. The largest absolute Gasteiger partial charge is 0.624 e. The zero-order valence-corrected chi connectivity index (χ0v) is 11.6. The lowest BCUT2D eigenvalue weighted by Gasteiger charge is -2.27. The molecule has 0 atom stereocenters. The van der Waals surface area contributed by atoms with Crippen molar-refractivity contribution in [3.63, 3.8) is 0 Å². The van der Waals surface area contributed by atoms with E-state index in [-0.39, 0.29) is 4.08 Å². The molecule has 1 aromatic rings. The van der Waals surface area contributed by atoms with Crippen LogP contribution in [0.3, 0.4) is 0 Å². The van der Waals surface area contributed by atoms with E-state index < -0.39 is 0 Å². The lowest BCUT2D eigenvalue weighted by molar-refractivity contribution is -0.471. The van der Waals surface area contributed by atoms with Crippen LogP contribution in [-0.4, -0.2) is 26.5 Å². The molecule has 2 rings (SSSR count). The minimum atomic E-state index is -0.0468. The van der Waals surface area contributed by atoms with E-state index in [1.807, 2.05) is 60.1 Å². The Bertz CT molecular complexity index is 386. The molecule has 1 aliphatic heterocycles. The molecule has 2 nitrogen and oxygen atoms in total. The number of nitrogens with zero attached hydrogens (tertiary/aromatic N) is 1. The monoisotopic (exact) mass is 267 g/mol. The smallest absolute Gasteiger partial charge is 0.178 e. The van der Waals surface area contributed by atoms with E-state index >= 15 is 0 Å². The Morgan fingerprint density at radius 2 is 1.94 bits per heavy atom. The van der Waals surface area contributed by atoms with Crippen LogP contribution in [0.4, 0.5) is 0 Å². The molecule has 4 heteroatoms. The third-order valence-corrected chi connectivity index (χ3v) is 5.68. The number of hydroxylamine groups is 1. The van der Waals surface area contributed by atoms with Crippen molar-refractivity contribution in [2.24, 2.45) is 0 Å². The summed E-state index contributed by atoms with van der Waals surface area (Å²) in [4.78, 5) is 0. The Balaban J connectivity index is 2.01. The van der Waals surface area contributed by atoms with Gasteiger partial charge in [0.1, 0.15) is 4.08 Å². The molecule has 0 N–H and O–H groups in total. The maximum Gasteiger partial charge on any atom is 0.178 e. The van der Waals surface area contributed by atoms with Crippen molar-refractivity contribution in [3.05, 3.63) is 41.1 Å². The standard InChI is InChI=1S/C13H17NOS2/c1-13(16-8-5-9-17-13)11-14(15)10-12-6-3-2-4-7-12/h2-4,6-7,11H,5,8-10H2,1H3/b14-11-. The molecule has 0 aromatic heterocycles. The molecule has 0 saturated carbocycles. The van der Waals surface area contributed by atoms with Gasteiger partial charge in [-0.3, -0.25) is 0 Å². The van der Waals surface area contributed by atoms with Crippen molar-refractivity contribution in [1.82, 2.24) is 0 Å². The summed E-state index contributed by atoms with van der Waals surface area (Å²) < 4.78 is 1.02. The zero-order chi connectivity index (χ0) is 12.1. The summed E-state index contributed by atoms with van der Waals surface area (Å²) in [6.45, 7) is 2.58. The predicted octanol–water partition coefficient (Wildman–Crippen LogP) is 3.35. The summed E-state index contributed by atoms with van der Waals surface area (Å²) in [5.41, 5.74) is 1.06. The van der Waals surface area contributed by atoms with Gasteiger partial charge in [-0.1, -0.05) is 30.3 Å². The van der Waals surface area contributed by atoms with Gasteiger partial charge in [-0.2, -0.15) is 0 Å². The van der Waals surface area contributed by atoms with Crippen molar-refractivity contribution < 1.29 is 4.74 Å². The lowest BCUT2D eigenvalue weighted by Crippen LogP contribution is -2.27. The molecule has 0 unspecified atom stereocenters. The van der Waals surface area contributed by atoms with Crippen LogP contribution < -0.4 is 0 Å². The Morgan fingerprint density at radius 1 is 1.29 bits per heavy atom. The fourth-order valence-corrected chi connectivity index (χ4v) is 4.58. The second-order valence-electron chi connectivity index (χ2n) is 4.26. The average Bonchev–Trinajstić information content (AvgIpc) is 2.30. The summed E-state index contributed by atoms with van der Waals surface area (Å²) in [6.07, 6.45) is 3.07. The quantitative estimate of drug-likeness (QED) is 0.363. The molecule has 1 aromatic carbocycles. The molecule has 0 spiro atoms. The summed E-state index contributed by atoms with van der Waals surface area (Å²) in [5.74, 6) is 2.30. The number of hydrogen-bond acceptors (Lipinski definition) is 3. The molecular weight excluding hydrogens is 250 g/mol. The summed E-state index contributed by atoms with van der Waals surface area (Å²) in [5, 5.41) is 11.9. The summed E-state index contributed by atoms with van der Waals surface area (Å²) in [7, 11) is 0. The van der Waals surface area contributed by atoms with Gasteiger partial charge in [-0.05, 0) is 24.9 Å². The Hall–Kier alpha value is -0.610. The first-order valence-corrected chi connectivity index (χ1v) is 7.77. The molecular formula is C13H17NOS2. The third kappa shape index (κ3) is 3.96. The van der Waals surface area contributed by atoms with E-state index in [2.05, 4.69) is 6.92 Å². The maximum absolute atomic E-state index is 11.9. The molecule has 0 radical (unpaired) electrons. The van der Waals surface area contributed by atoms with Gasteiger partial charge >= 0.3 is 0 Å². The van der Waals surface area contributed by atoms with E-state index in [0.717, 1.165) is 21.8 Å². The van der Waals surface area contributed by atoms with E-state index in [4.69, 9.17) is 0 Å². The fraction of sp³-hybridized carbons (Fsp3) is 0.462. The first kappa shape index (κ1) is 12.8. The summed E-state index contributed by atoms with van der Waals surface area (Å²) in [6, 6.07) is 9.88. The van der Waals surface area contributed by atoms with Gasteiger partial charge in [0.25, 0.3) is 0 Å². The van der Waals surface area contributed by atoms with E-state index in [9.17, 15) is 5.21 Å². The Kier molecular flexibility index (Phi) is 4.40. The second-order valence-corrected chi connectivity index (χ2v) is 7.60. The molecule has 0 aliphatic carbocycles. The van der Waals surface area contributed by atoms with Crippen LogP contribution in [0, 0.1) is 5.21 Å². The van der Waals surface area contributed by atoms with Crippen molar-refractivity contribution in [1.29, 1.82) is 0 Å². The van der Waals surface area contributed by atoms with Crippen LogP contribution in [0.1, 0.15) is 18.9 Å². The molecule has 1 fully saturated rings. The third-order valence-electron chi connectivity index (χ3n) is 2.63. The molecule has 0 bridgehead atoms. The molecule has 92 valence electrons. The van der Waals surface area contributed by atoms with Crippen LogP contribution in [0.25, 0.3) is 0 Å². The number of rotatable bonds is 3. The van der Waals surface area contributed by atoms with E-state index in [0.29, 0.717) is 6.54 Å². The van der Waals surface area contributed by atoms with Crippen molar-refractivity contribution in [2.75, 3.05) is 11.5 Å². The second kappa shape index (κ2) is 5.83. The van der Waals surface area contributed by atoms with Gasteiger partial charge in [0.15, 0.2) is 12.8 Å². The molecule has 0 amide bonds. The minimum Gasteiger partial charge on any atom is -0.624 e.